The first kappa shape index (κ1) is 17.4. The SMILES string of the molecule is CC(C)(C)OC(=O)C(CC(N)OS(C)(=O)=O)C1CCC1. The average Bonchev–Trinajstić information content (AvgIpc) is 2.07. The van der Waals surface area contributed by atoms with Crippen molar-refractivity contribution in [1.29, 1.82) is 0 Å². The molecule has 0 saturated heterocycles. The molecule has 6 nitrogen and oxygen atoms in total. The van der Waals surface area contributed by atoms with E-state index in [0.717, 1.165) is 25.5 Å². The number of hydrogen-bond acceptors (Lipinski definition) is 6. The summed E-state index contributed by atoms with van der Waals surface area (Å²) < 4.78 is 32.2. The Kier molecular flexibility index (Phi) is 5.57. The van der Waals surface area contributed by atoms with Crippen LogP contribution in [0.2, 0.25) is 0 Å². The maximum atomic E-state index is 12.2. The monoisotopic (exact) mass is 307 g/mol. The van der Waals surface area contributed by atoms with E-state index in [2.05, 4.69) is 0 Å². The zero-order valence-corrected chi connectivity index (χ0v) is 13.4. The van der Waals surface area contributed by atoms with Crippen LogP contribution in [0, 0.1) is 11.8 Å². The highest BCUT2D eigenvalue weighted by molar-refractivity contribution is 7.86. The van der Waals surface area contributed by atoms with Crippen molar-refractivity contribution in [2.45, 2.75) is 58.3 Å². The molecule has 1 rings (SSSR count). The van der Waals surface area contributed by atoms with Crippen LogP contribution < -0.4 is 5.73 Å². The molecule has 0 aromatic carbocycles. The molecule has 2 atom stereocenters. The number of rotatable bonds is 6. The van der Waals surface area contributed by atoms with E-state index in [1.54, 1.807) is 20.8 Å². The maximum absolute atomic E-state index is 12.2. The number of hydrogen-bond donors (Lipinski definition) is 1. The van der Waals surface area contributed by atoms with Gasteiger partial charge in [-0.25, -0.2) is 0 Å². The topological polar surface area (TPSA) is 95.7 Å². The molecular formula is C13H25NO5S. The lowest BCUT2D eigenvalue weighted by Gasteiger charge is -2.35. The van der Waals surface area contributed by atoms with Crippen LogP contribution in [0.1, 0.15) is 46.5 Å². The van der Waals surface area contributed by atoms with Gasteiger partial charge in [0, 0.05) is 6.42 Å². The second-order valence-corrected chi connectivity index (χ2v) is 8.01. The predicted molar refractivity (Wildman–Crippen MR) is 75.2 cm³/mol. The Balaban J connectivity index is 2.67. The molecule has 0 aromatic rings. The second kappa shape index (κ2) is 6.41. The first-order valence-corrected chi connectivity index (χ1v) is 8.66. The summed E-state index contributed by atoms with van der Waals surface area (Å²) in [5.41, 5.74) is 5.10. The minimum atomic E-state index is -3.62. The van der Waals surface area contributed by atoms with E-state index >= 15 is 0 Å². The zero-order valence-electron chi connectivity index (χ0n) is 12.6. The highest BCUT2D eigenvalue weighted by atomic mass is 32.2. The molecule has 0 radical (unpaired) electrons. The summed E-state index contributed by atoms with van der Waals surface area (Å²) in [5, 5.41) is 0. The summed E-state index contributed by atoms with van der Waals surface area (Å²) >= 11 is 0. The van der Waals surface area contributed by atoms with Crippen LogP contribution >= 0.6 is 0 Å². The largest absolute Gasteiger partial charge is 0.460 e. The molecule has 0 bridgehead atoms. The van der Waals surface area contributed by atoms with Gasteiger partial charge in [0.1, 0.15) is 11.8 Å². The average molecular weight is 307 g/mol. The van der Waals surface area contributed by atoms with E-state index in [1.165, 1.54) is 0 Å². The van der Waals surface area contributed by atoms with Crippen LogP contribution in [0.25, 0.3) is 0 Å². The van der Waals surface area contributed by atoms with Crippen LogP contribution in [0.5, 0.6) is 0 Å². The number of carbonyl (C=O) groups excluding carboxylic acids is 1. The van der Waals surface area contributed by atoms with Gasteiger partial charge in [0.25, 0.3) is 10.1 Å². The van der Waals surface area contributed by atoms with Crippen molar-refractivity contribution in [3.63, 3.8) is 0 Å². The van der Waals surface area contributed by atoms with Crippen LogP contribution in [-0.2, 0) is 23.8 Å². The van der Waals surface area contributed by atoms with Gasteiger partial charge in [-0.05, 0) is 39.5 Å². The van der Waals surface area contributed by atoms with Gasteiger partial charge in [-0.1, -0.05) is 6.42 Å². The molecular weight excluding hydrogens is 282 g/mol. The van der Waals surface area contributed by atoms with Crippen molar-refractivity contribution < 1.29 is 22.1 Å². The quantitative estimate of drug-likeness (QED) is 0.452. The Morgan fingerprint density at radius 1 is 1.35 bits per heavy atom. The second-order valence-electron chi connectivity index (χ2n) is 6.41. The molecule has 2 unspecified atom stereocenters. The van der Waals surface area contributed by atoms with E-state index in [-0.39, 0.29) is 18.3 Å². The molecule has 0 heterocycles. The van der Waals surface area contributed by atoms with Crippen molar-refractivity contribution in [2.75, 3.05) is 6.26 Å². The fourth-order valence-electron chi connectivity index (χ4n) is 2.21. The van der Waals surface area contributed by atoms with Gasteiger partial charge in [-0.2, -0.15) is 8.42 Å². The molecule has 1 saturated carbocycles. The van der Waals surface area contributed by atoms with Gasteiger partial charge in [-0.3, -0.25) is 8.98 Å². The lowest BCUT2D eigenvalue weighted by atomic mass is 9.74. The van der Waals surface area contributed by atoms with Crippen LogP contribution in [0.3, 0.4) is 0 Å². The van der Waals surface area contributed by atoms with E-state index in [4.69, 9.17) is 14.7 Å². The third-order valence-electron chi connectivity index (χ3n) is 3.21. The first-order valence-electron chi connectivity index (χ1n) is 6.84. The van der Waals surface area contributed by atoms with E-state index in [0.29, 0.717) is 0 Å². The van der Waals surface area contributed by atoms with Crippen molar-refractivity contribution in [1.82, 2.24) is 0 Å². The lowest BCUT2D eigenvalue weighted by Crippen LogP contribution is -2.40. The van der Waals surface area contributed by atoms with E-state index in [1.807, 2.05) is 0 Å². The smallest absolute Gasteiger partial charge is 0.309 e. The third-order valence-corrected chi connectivity index (χ3v) is 3.81. The van der Waals surface area contributed by atoms with Crippen molar-refractivity contribution in [2.24, 2.45) is 17.6 Å². The predicted octanol–water partition coefficient (Wildman–Crippen LogP) is 1.40. The fourth-order valence-corrected chi connectivity index (χ4v) is 2.74. The molecule has 1 aliphatic rings. The molecule has 1 fully saturated rings. The zero-order chi connectivity index (χ0) is 15.6. The summed E-state index contributed by atoms with van der Waals surface area (Å²) in [6, 6.07) is 0. The van der Waals surface area contributed by atoms with Crippen LogP contribution in [-0.4, -0.2) is 32.5 Å². The van der Waals surface area contributed by atoms with Gasteiger partial charge in [0.15, 0.2) is 0 Å². The van der Waals surface area contributed by atoms with Gasteiger partial charge in [0.2, 0.25) is 0 Å². The van der Waals surface area contributed by atoms with Gasteiger partial charge in [0.05, 0.1) is 12.2 Å². The summed E-state index contributed by atoms with van der Waals surface area (Å²) in [4.78, 5) is 12.2. The van der Waals surface area contributed by atoms with Crippen molar-refractivity contribution in [3.8, 4) is 0 Å². The number of carbonyl (C=O) groups is 1. The molecule has 7 heteroatoms. The Hall–Kier alpha value is -0.660. The third kappa shape index (κ3) is 6.19. The number of esters is 1. The summed E-state index contributed by atoms with van der Waals surface area (Å²) in [6.07, 6.45) is 3.05. The molecule has 0 aliphatic heterocycles. The van der Waals surface area contributed by atoms with Gasteiger partial charge < -0.3 is 10.5 Å². The van der Waals surface area contributed by atoms with Gasteiger partial charge >= 0.3 is 5.97 Å². The van der Waals surface area contributed by atoms with Crippen molar-refractivity contribution >= 4 is 16.1 Å². The lowest BCUT2D eigenvalue weighted by molar-refractivity contribution is -0.164. The summed E-state index contributed by atoms with van der Waals surface area (Å²) in [5.74, 6) is -0.520. The van der Waals surface area contributed by atoms with E-state index < -0.39 is 27.9 Å². The van der Waals surface area contributed by atoms with E-state index in [9.17, 15) is 13.2 Å². The Labute approximate surface area is 121 Å². The standard InChI is InChI=1S/C13H25NO5S/c1-13(2,3)18-12(15)10(9-6-5-7-9)8-11(14)19-20(4,16)17/h9-11H,5-8,14H2,1-4H3. The molecule has 2 N–H and O–H groups in total. The molecule has 0 spiro atoms. The Morgan fingerprint density at radius 3 is 2.25 bits per heavy atom. The van der Waals surface area contributed by atoms with Gasteiger partial charge in [-0.15, -0.1) is 0 Å². The minimum absolute atomic E-state index is 0.159. The Morgan fingerprint density at radius 2 is 1.90 bits per heavy atom. The van der Waals surface area contributed by atoms with Crippen LogP contribution in [0.4, 0.5) is 0 Å². The molecule has 0 aromatic heterocycles. The fraction of sp³-hybridized carbons (Fsp3) is 0.923. The highest BCUT2D eigenvalue weighted by Gasteiger charge is 2.37. The normalized spacial score (nSPS) is 20.1. The Bertz CT molecular complexity index is 436. The number of ether oxygens (including phenoxy) is 1. The van der Waals surface area contributed by atoms with Crippen molar-refractivity contribution in [3.05, 3.63) is 0 Å². The minimum Gasteiger partial charge on any atom is -0.460 e. The molecule has 20 heavy (non-hydrogen) atoms. The molecule has 0 amide bonds. The maximum Gasteiger partial charge on any atom is 0.309 e. The summed E-state index contributed by atoms with van der Waals surface area (Å²) in [7, 11) is -3.62. The number of nitrogens with two attached hydrogens (primary N) is 1. The molecule has 1 aliphatic carbocycles. The highest BCUT2D eigenvalue weighted by Crippen LogP contribution is 2.37. The summed E-state index contributed by atoms with van der Waals surface area (Å²) in [6.45, 7) is 5.40. The van der Waals surface area contributed by atoms with Crippen LogP contribution in [0.15, 0.2) is 0 Å². The molecule has 118 valence electrons. The first-order chi connectivity index (χ1) is 8.98.